The molecule has 4 N–H and O–H groups in total. The molecule has 14 nitrogen and oxygen atoms in total. The van der Waals surface area contributed by atoms with Crippen molar-refractivity contribution in [2.75, 3.05) is 20.2 Å². The lowest BCUT2D eigenvalue weighted by molar-refractivity contribution is -0.135. The minimum Gasteiger partial charge on any atom is -0.453 e. The average Bonchev–Trinajstić information content (AvgIpc) is 3.89. The number of fused-ring (bicyclic) bond motifs is 6. The minimum absolute atomic E-state index is 0.0980. The maximum atomic E-state index is 14.2. The highest BCUT2D eigenvalue weighted by molar-refractivity contribution is 6.07. The highest BCUT2D eigenvalue weighted by atomic mass is 16.6. The van der Waals surface area contributed by atoms with Gasteiger partial charge in [-0.1, -0.05) is 87.5 Å². The fourth-order valence-electron chi connectivity index (χ4n) is 7.79. The van der Waals surface area contributed by atoms with E-state index in [4.69, 9.17) is 14.7 Å². The molecule has 2 atom stereocenters. The molecule has 7 rings (SSSR count). The van der Waals surface area contributed by atoms with Gasteiger partial charge in [0, 0.05) is 23.4 Å². The van der Waals surface area contributed by atoms with E-state index in [0.29, 0.717) is 30.2 Å². The van der Waals surface area contributed by atoms with E-state index in [1.807, 2.05) is 56.3 Å². The molecule has 2 aromatic heterocycles. The summed E-state index contributed by atoms with van der Waals surface area (Å²) in [5, 5.41) is 9.40. The summed E-state index contributed by atoms with van der Waals surface area (Å²) >= 11 is 0. The Morgan fingerprint density at radius 1 is 0.746 bits per heavy atom. The third-order valence-corrected chi connectivity index (χ3v) is 11.2. The van der Waals surface area contributed by atoms with Crippen LogP contribution in [0, 0.1) is 5.92 Å². The molecular formula is C49H56N8O6. The summed E-state index contributed by atoms with van der Waals surface area (Å²) in [5.74, 6) is 0.992. The summed E-state index contributed by atoms with van der Waals surface area (Å²) in [4.78, 5) is 72.2. The SMILES string of the molecule is CCCN(Cc1nc2ccc3cc(-c4ccc5c(ccc6nc(CN(C(=O)CNC(=O)OC)[C@H](C)C(C)C)[nH]c65)c4)ccc3c2[nH]1)C(=O)[C@H](NC(=O)OC(C)(C)C)c1ccccc1. The van der Waals surface area contributed by atoms with Gasteiger partial charge in [0.2, 0.25) is 11.8 Å². The number of rotatable bonds is 14. The van der Waals surface area contributed by atoms with Crippen LogP contribution in [0.3, 0.4) is 0 Å². The molecule has 0 aliphatic rings. The average molecular weight is 853 g/mol. The Morgan fingerprint density at radius 3 is 1.84 bits per heavy atom. The second kappa shape index (κ2) is 18.6. The van der Waals surface area contributed by atoms with E-state index in [0.717, 1.165) is 54.7 Å². The van der Waals surface area contributed by atoms with Gasteiger partial charge >= 0.3 is 12.2 Å². The van der Waals surface area contributed by atoms with Crippen LogP contribution in [0.4, 0.5) is 9.59 Å². The molecule has 7 aromatic rings. The van der Waals surface area contributed by atoms with E-state index in [-0.39, 0.29) is 43.4 Å². The second-order valence-electron chi connectivity index (χ2n) is 17.3. The molecule has 14 heteroatoms. The van der Waals surface area contributed by atoms with Crippen LogP contribution in [-0.2, 0) is 32.2 Å². The van der Waals surface area contributed by atoms with Crippen molar-refractivity contribution in [1.82, 2.24) is 40.4 Å². The van der Waals surface area contributed by atoms with E-state index in [1.165, 1.54) is 7.11 Å². The van der Waals surface area contributed by atoms with Gasteiger partial charge in [-0.3, -0.25) is 9.59 Å². The quantitative estimate of drug-likeness (QED) is 0.0838. The monoisotopic (exact) mass is 852 g/mol. The zero-order valence-electron chi connectivity index (χ0n) is 37.2. The van der Waals surface area contributed by atoms with Crippen molar-refractivity contribution >= 4 is 67.6 Å². The van der Waals surface area contributed by atoms with E-state index in [2.05, 4.69) is 87.7 Å². The number of imidazole rings is 2. The third-order valence-electron chi connectivity index (χ3n) is 11.2. The number of ether oxygens (including phenoxy) is 2. The molecule has 0 aliphatic carbocycles. The number of alkyl carbamates (subject to hydrolysis) is 2. The smallest absolute Gasteiger partial charge is 0.408 e. The number of nitrogens with one attached hydrogen (secondary N) is 4. The molecule has 0 bridgehead atoms. The maximum absolute atomic E-state index is 14.2. The molecule has 0 unspecified atom stereocenters. The van der Waals surface area contributed by atoms with Crippen molar-refractivity contribution in [1.29, 1.82) is 0 Å². The van der Waals surface area contributed by atoms with Crippen LogP contribution in [0.25, 0.3) is 54.7 Å². The fourth-order valence-corrected chi connectivity index (χ4v) is 7.79. The number of hydrogen-bond acceptors (Lipinski definition) is 8. The van der Waals surface area contributed by atoms with Crippen LogP contribution in [0.2, 0.25) is 0 Å². The van der Waals surface area contributed by atoms with Crippen LogP contribution in [-0.4, -0.2) is 85.6 Å². The largest absolute Gasteiger partial charge is 0.453 e. The predicted octanol–water partition coefficient (Wildman–Crippen LogP) is 9.15. The molecule has 0 radical (unpaired) electrons. The number of aromatic nitrogens is 4. The molecule has 5 aromatic carbocycles. The zero-order chi connectivity index (χ0) is 45.0. The highest BCUT2D eigenvalue weighted by Gasteiger charge is 2.30. The standard InChI is InChI=1S/C49H56N8O6/c1-9-23-56(46(59)43(31-13-11-10-12-14-31)55-48(61)63-49(5,6)7)27-40-51-38-21-17-34-24-32(15-19-36(34)44(38)53-40)33-16-20-37-35(25-33)18-22-39-45(37)54-41(52-39)28-57(30(4)29(2)3)42(58)26-50-47(60)62-8/h10-22,24-25,29-30,43H,9,23,26-28H2,1-8H3,(H,50,60)(H,51,53)(H,52,54)(H,55,61)/t30-,43-/m1/s1. The molecule has 63 heavy (non-hydrogen) atoms. The molecule has 0 spiro atoms. The summed E-state index contributed by atoms with van der Waals surface area (Å²) in [6.07, 6.45) is -0.608. The number of H-pyrrole nitrogens is 2. The van der Waals surface area contributed by atoms with Gasteiger partial charge in [-0.2, -0.15) is 0 Å². The van der Waals surface area contributed by atoms with E-state index in [1.54, 1.807) is 30.6 Å². The summed E-state index contributed by atoms with van der Waals surface area (Å²) in [5.41, 5.74) is 5.39. The Labute approximate surface area is 366 Å². The van der Waals surface area contributed by atoms with Gasteiger partial charge < -0.3 is 39.9 Å². The molecule has 4 amide bonds. The summed E-state index contributed by atoms with van der Waals surface area (Å²) in [7, 11) is 1.26. The third kappa shape index (κ3) is 10.1. The van der Waals surface area contributed by atoms with Crippen LogP contribution >= 0.6 is 0 Å². The summed E-state index contributed by atoms with van der Waals surface area (Å²) in [6.45, 7) is 14.2. The van der Waals surface area contributed by atoms with Gasteiger partial charge in [0.25, 0.3) is 0 Å². The molecule has 328 valence electrons. The van der Waals surface area contributed by atoms with Gasteiger partial charge in [0.1, 0.15) is 29.8 Å². The van der Waals surface area contributed by atoms with Crippen LogP contribution in [0.1, 0.15) is 78.1 Å². The van der Waals surface area contributed by atoms with E-state index in [9.17, 15) is 19.2 Å². The van der Waals surface area contributed by atoms with Crippen LogP contribution in [0.15, 0.2) is 91.0 Å². The minimum atomic E-state index is -0.940. The highest BCUT2D eigenvalue weighted by Crippen LogP contribution is 2.33. The van der Waals surface area contributed by atoms with Crippen molar-refractivity contribution in [3.63, 3.8) is 0 Å². The number of hydrogen-bond donors (Lipinski definition) is 4. The number of benzene rings is 5. The topological polar surface area (TPSA) is 175 Å². The lowest BCUT2D eigenvalue weighted by Gasteiger charge is -2.31. The molecule has 0 saturated heterocycles. The molecular weight excluding hydrogens is 797 g/mol. The maximum Gasteiger partial charge on any atom is 0.408 e. The van der Waals surface area contributed by atoms with Gasteiger partial charge in [0.15, 0.2) is 0 Å². The molecule has 0 fully saturated rings. The second-order valence-corrected chi connectivity index (χ2v) is 17.3. The number of carbonyl (C=O) groups excluding carboxylic acids is 4. The van der Waals surface area contributed by atoms with Crippen molar-refractivity contribution in [2.24, 2.45) is 5.92 Å². The van der Waals surface area contributed by atoms with Crippen molar-refractivity contribution < 1.29 is 28.7 Å². The van der Waals surface area contributed by atoms with Gasteiger partial charge in [0.05, 0.1) is 42.3 Å². The predicted molar refractivity (Wildman–Crippen MR) is 246 cm³/mol. The lowest BCUT2D eigenvalue weighted by atomic mass is 9.98. The Bertz CT molecular complexity index is 2790. The van der Waals surface area contributed by atoms with Gasteiger partial charge in [-0.05, 0) is 91.8 Å². The zero-order valence-corrected chi connectivity index (χ0v) is 37.2. The molecule has 0 aliphatic heterocycles. The number of nitrogens with zero attached hydrogens (tertiary/aromatic N) is 4. The van der Waals surface area contributed by atoms with E-state index >= 15 is 0 Å². The lowest BCUT2D eigenvalue weighted by Crippen LogP contribution is -2.46. The number of methoxy groups -OCH3 is 1. The summed E-state index contributed by atoms with van der Waals surface area (Å²) in [6, 6.07) is 29.0. The Hall–Kier alpha value is -6.96. The first-order valence-electron chi connectivity index (χ1n) is 21.4. The first kappa shape index (κ1) is 44.1. The normalized spacial score (nSPS) is 12.7. The molecule has 0 saturated carbocycles. The Balaban J connectivity index is 1.12. The van der Waals surface area contributed by atoms with Crippen LogP contribution < -0.4 is 10.6 Å². The van der Waals surface area contributed by atoms with Crippen molar-refractivity contribution in [3.8, 4) is 11.1 Å². The number of aromatic amines is 2. The number of carbonyl (C=O) groups is 4. The molecule has 2 heterocycles. The number of amides is 4. The first-order valence-corrected chi connectivity index (χ1v) is 21.4. The summed E-state index contributed by atoms with van der Waals surface area (Å²) < 4.78 is 10.2. The van der Waals surface area contributed by atoms with Gasteiger partial charge in [-0.25, -0.2) is 19.6 Å². The first-order chi connectivity index (χ1) is 30.1. The Kier molecular flexibility index (Phi) is 13.0. The fraction of sp³-hybridized carbons (Fsp3) is 0.347. The van der Waals surface area contributed by atoms with E-state index < -0.39 is 23.8 Å². The van der Waals surface area contributed by atoms with Crippen molar-refractivity contribution in [2.45, 2.75) is 85.7 Å². The van der Waals surface area contributed by atoms with Crippen LogP contribution in [0.5, 0.6) is 0 Å². The van der Waals surface area contributed by atoms with Gasteiger partial charge in [-0.15, -0.1) is 0 Å². The van der Waals surface area contributed by atoms with Crippen molar-refractivity contribution in [3.05, 3.63) is 108 Å². The Morgan fingerprint density at radius 2 is 1.32 bits per heavy atom.